The molecule has 2 rings (SSSR count). The summed E-state index contributed by atoms with van der Waals surface area (Å²) in [6.45, 7) is 4.44. The van der Waals surface area contributed by atoms with Gasteiger partial charge in [-0.3, -0.25) is 9.59 Å². The minimum absolute atomic E-state index is 0.0402. The van der Waals surface area contributed by atoms with Crippen LogP contribution in [0.2, 0.25) is 0 Å². The lowest BCUT2D eigenvalue weighted by molar-refractivity contribution is -0.116. The summed E-state index contributed by atoms with van der Waals surface area (Å²) in [5.41, 5.74) is 0.715. The fourth-order valence-corrected chi connectivity index (χ4v) is 5.18. The predicted molar refractivity (Wildman–Crippen MR) is 121 cm³/mol. The molecule has 0 bridgehead atoms. The second-order valence-electron chi connectivity index (χ2n) is 7.53. The zero-order chi connectivity index (χ0) is 24.3. The molecule has 0 spiro atoms. The Balaban J connectivity index is 2.07. The van der Waals surface area contributed by atoms with Gasteiger partial charge in [-0.25, -0.2) is 16.8 Å². The Kier molecular flexibility index (Phi) is 7.94. The normalized spacial score (nSPS) is 12.4. The van der Waals surface area contributed by atoms with Gasteiger partial charge in [-0.05, 0) is 57.2 Å². The van der Waals surface area contributed by atoms with E-state index in [0.29, 0.717) is 11.3 Å². The van der Waals surface area contributed by atoms with E-state index >= 15 is 0 Å². The average molecular weight is 482 g/mol. The molecule has 0 saturated carbocycles. The monoisotopic (exact) mass is 481 g/mol. The van der Waals surface area contributed by atoms with Gasteiger partial charge in [0.25, 0.3) is 0 Å². The molecule has 2 aromatic carbocycles. The Morgan fingerprint density at radius 1 is 0.844 bits per heavy atom. The molecule has 0 aliphatic heterocycles. The third-order valence-corrected chi connectivity index (χ3v) is 8.74. The minimum atomic E-state index is -3.94. The smallest absolute Gasteiger partial charge is 0.243 e. The molecule has 0 heterocycles. The molecule has 1 amide bonds. The third kappa shape index (κ3) is 5.80. The van der Waals surface area contributed by atoms with E-state index in [2.05, 4.69) is 5.32 Å². The minimum Gasteiger partial charge on any atom is -0.325 e. The summed E-state index contributed by atoms with van der Waals surface area (Å²) in [5, 5.41) is 2.55. The SMILES string of the molecule is CC(=O)c1ccc(S(=O)(=O)N(C)CC(=O)Nc2ccc(S(=O)(=O)N(C)C(C)C)cc2)cc1. The molecule has 0 aliphatic rings. The second-order valence-corrected chi connectivity index (χ2v) is 11.6. The van der Waals surface area contributed by atoms with Crippen molar-refractivity contribution in [3.05, 3.63) is 54.1 Å². The van der Waals surface area contributed by atoms with Crippen LogP contribution in [0.1, 0.15) is 31.1 Å². The van der Waals surface area contributed by atoms with E-state index in [0.717, 1.165) is 4.31 Å². The number of carbonyl (C=O) groups excluding carboxylic acids is 2. The summed E-state index contributed by atoms with van der Waals surface area (Å²) in [4.78, 5) is 23.7. The molecule has 0 saturated heterocycles. The van der Waals surface area contributed by atoms with Crippen LogP contribution >= 0.6 is 0 Å². The topological polar surface area (TPSA) is 121 Å². The number of carbonyl (C=O) groups is 2. The van der Waals surface area contributed by atoms with Crippen LogP contribution in [0.25, 0.3) is 0 Å². The highest BCUT2D eigenvalue weighted by Gasteiger charge is 2.24. The highest BCUT2D eigenvalue weighted by molar-refractivity contribution is 7.89. The lowest BCUT2D eigenvalue weighted by Gasteiger charge is -2.21. The van der Waals surface area contributed by atoms with E-state index < -0.39 is 32.5 Å². The van der Waals surface area contributed by atoms with Crippen LogP contribution in [0.4, 0.5) is 5.69 Å². The van der Waals surface area contributed by atoms with Gasteiger partial charge >= 0.3 is 0 Å². The number of sulfonamides is 2. The molecule has 9 nitrogen and oxygen atoms in total. The molecule has 0 aromatic heterocycles. The van der Waals surface area contributed by atoms with Gasteiger partial charge in [0.15, 0.2) is 5.78 Å². The maximum atomic E-state index is 12.7. The first-order valence-electron chi connectivity index (χ1n) is 9.72. The van der Waals surface area contributed by atoms with Gasteiger partial charge in [-0.1, -0.05) is 12.1 Å². The summed E-state index contributed by atoms with van der Waals surface area (Å²) in [6.07, 6.45) is 0. The first-order chi connectivity index (χ1) is 14.8. The van der Waals surface area contributed by atoms with Gasteiger partial charge in [0.05, 0.1) is 16.3 Å². The van der Waals surface area contributed by atoms with Crippen LogP contribution in [0.15, 0.2) is 58.3 Å². The number of Topliss-reactive ketones (excluding diaryl/α,β-unsaturated/α-hetero) is 1. The molecule has 11 heteroatoms. The molecule has 2 aromatic rings. The zero-order valence-corrected chi connectivity index (χ0v) is 20.2. The van der Waals surface area contributed by atoms with Gasteiger partial charge in [-0.2, -0.15) is 8.61 Å². The van der Waals surface area contributed by atoms with Gasteiger partial charge in [0.2, 0.25) is 26.0 Å². The van der Waals surface area contributed by atoms with Gasteiger partial charge in [0.1, 0.15) is 0 Å². The van der Waals surface area contributed by atoms with E-state index in [1.54, 1.807) is 13.8 Å². The number of likely N-dealkylation sites (N-methyl/N-ethyl adjacent to an activating group) is 1. The van der Waals surface area contributed by atoms with Crippen molar-refractivity contribution in [3.63, 3.8) is 0 Å². The van der Waals surface area contributed by atoms with E-state index in [1.807, 2.05) is 0 Å². The molecule has 0 unspecified atom stereocenters. The van der Waals surface area contributed by atoms with E-state index in [4.69, 9.17) is 0 Å². The van der Waals surface area contributed by atoms with Crippen LogP contribution < -0.4 is 5.32 Å². The molecular formula is C21H27N3O6S2. The standard InChI is InChI=1S/C21H27N3O6S2/c1-15(2)24(5)32(29,30)20-12-8-18(9-13-20)22-21(26)14-23(4)31(27,28)19-10-6-17(7-11-19)16(3)25/h6-13,15H,14H2,1-5H3,(H,22,26). The number of hydrogen-bond acceptors (Lipinski definition) is 6. The lowest BCUT2D eigenvalue weighted by atomic mass is 10.2. The van der Waals surface area contributed by atoms with Crippen LogP contribution in [-0.4, -0.2) is 63.8 Å². The highest BCUT2D eigenvalue weighted by atomic mass is 32.2. The zero-order valence-electron chi connectivity index (χ0n) is 18.6. The Bertz CT molecular complexity index is 1190. The van der Waals surface area contributed by atoms with Crippen LogP contribution in [0.3, 0.4) is 0 Å². The molecular weight excluding hydrogens is 454 g/mol. The second kappa shape index (κ2) is 9.90. The molecule has 0 radical (unpaired) electrons. The van der Waals surface area contributed by atoms with E-state index in [9.17, 15) is 26.4 Å². The van der Waals surface area contributed by atoms with Crippen LogP contribution in [0, 0.1) is 0 Å². The summed E-state index contributed by atoms with van der Waals surface area (Å²) in [5.74, 6) is -0.775. The lowest BCUT2D eigenvalue weighted by Crippen LogP contribution is -2.35. The number of benzene rings is 2. The van der Waals surface area contributed by atoms with Crippen molar-refractivity contribution >= 4 is 37.4 Å². The van der Waals surface area contributed by atoms with Crippen molar-refractivity contribution in [1.82, 2.24) is 8.61 Å². The maximum absolute atomic E-state index is 12.7. The largest absolute Gasteiger partial charge is 0.325 e. The van der Waals surface area contributed by atoms with Crippen molar-refractivity contribution < 1.29 is 26.4 Å². The Hall–Kier alpha value is -2.60. The number of nitrogens with one attached hydrogen (secondary N) is 1. The first kappa shape index (κ1) is 25.7. The van der Waals surface area contributed by atoms with Gasteiger partial charge in [-0.15, -0.1) is 0 Å². The van der Waals surface area contributed by atoms with Crippen molar-refractivity contribution in [1.29, 1.82) is 0 Å². The fourth-order valence-electron chi connectivity index (χ4n) is 2.68. The first-order valence-corrected chi connectivity index (χ1v) is 12.6. The molecule has 0 fully saturated rings. The van der Waals surface area contributed by atoms with Gasteiger partial charge < -0.3 is 5.32 Å². The molecule has 1 N–H and O–H groups in total. The van der Waals surface area contributed by atoms with Crippen LogP contribution in [0.5, 0.6) is 0 Å². The maximum Gasteiger partial charge on any atom is 0.243 e. The highest BCUT2D eigenvalue weighted by Crippen LogP contribution is 2.20. The average Bonchev–Trinajstić information content (AvgIpc) is 2.73. The number of rotatable bonds is 9. The van der Waals surface area contributed by atoms with Crippen molar-refractivity contribution in [2.45, 2.75) is 36.6 Å². The molecule has 0 atom stereocenters. The van der Waals surface area contributed by atoms with Crippen molar-refractivity contribution in [2.75, 3.05) is 26.0 Å². The summed E-state index contributed by atoms with van der Waals surface area (Å²) in [7, 11) is -4.83. The van der Waals surface area contributed by atoms with Gasteiger partial charge in [0, 0.05) is 31.4 Å². The summed E-state index contributed by atoms with van der Waals surface area (Å²) in [6, 6.07) is 10.9. The number of nitrogens with zero attached hydrogens (tertiary/aromatic N) is 2. The number of anilines is 1. The quantitative estimate of drug-likeness (QED) is 0.548. The number of amides is 1. The van der Waals surface area contributed by atoms with Crippen molar-refractivity contribution in [3.8, 4) is 0 Å². The Labute approximate surface area is 189 Å². The fraction of sp³-hybridized carbons (Fsp3) is 0.333. The Morgan fingerprint density at radius 3 is 1.78 bits per heavy atom. The predicted octanol–water partition coefficient (Wildman–Crippen LogP) is 2.18. The molecule has 32 heavy (non-hydrogen) atoms. The van der Waals surface area contributed by atoms with Crippen LogP contribution in [-0.2, 0) is 24.8 Å². The number of ketones is 1. The molecule has 0 aliphatic carbocycles. The van der Waals surface area contributed by atoms with E-state index in [1.165, 1.54) is 73.9 Å². The Morgan fingerprint density at radius 2 is 1.31 bits per heavy atom. The van der Waals surface area contributed by atoms with E-state index in [-0.39, 0.29) is 21.6 Å². The summed E-state index contributed by atoms with van der Waals surface area (Å²) >= 11 is 0. The number of hydrogen-bond donors (Lipinski definition) is 1. The molecule has 174 valence electrons. The summed E-state index contributed by atoms with van der Waals surface area (Å²) < 4.78 is 52.5. The third-order valence-electron chi connectivity index (χ3n) is 4.88. The van der Waals surface area contributed by atoms with Crippen molar-refractivity contribution in [2.24, 2.45) is 0 Å².